The summed E-state index contributed by atoms with van der Waals surface area (Å²) >= 11 is 12.5. The van der Waals surface area contributed by atoms with E-state index in [9.17, 15) is 13.2 Å². The molecule has 8 heteroatoms. The van der Waals surface area contributed by atoms with E-state index >= 15 is 0 Å². The van der Waals surface area contributed by atoms with Gasteiger partial charge in [0.25, 0.3) is 0 Å². The molecule has 3 nitrogen and oxygen atoms in total. The molecule has 0 aliphatic rings. The second-order valence-electron chi connectivity index (χ2n) is 5.61. The molecule has 0 atom stereocenters. The number of aromatic nitrogens is 2. The van der Waals surface area contributed by atoms with Gasteiger partial charge in [0.2, 0.25) is 0 Å². The predicted molar refractivity (Wildman–Crippen MR) is 95.7 cm³/mol. The third-order valence-electron chi connectivity index (χ3n) is 3.84. The number of nitrogens with one attached hydrogen (secondary N) is 1. The summed E-state index contributed by atoms with van der Waals surface area (Å²) < 4.78 is 41.1. The van der Waals surface area contributed by atoms with E-state index in [-0.39, 0.29) is 5.75 Å². The minimum atomic E-state index is -4.74. The van der Waals surface area contributed by atoms with E-state index in [0.29, 0.717) is 37.9 Å². The number of fused-ring (bicyclic) bond motifs is 2. The minimum Gasteiger partial charge on any atom is -0.406 e. The van der Waals surface area contributed by atoms with Crippen LogP contribution in [0.2, 0.25) is 10.0 Å². The Hall–Kier alpha value is -2.44. The maximum absolute atomic E-state index is 12.4. The smallest absolute Gasteiger partial charge is 0.406 e. The Labute approximate surface area is 155 Å². The van der Waals surface area contributed by atoms with Crippen molar-refractivity contribution in [2.24, 2.45) is 0 Å². The van der Waals surface area contributed by atoms with Crippen LogP contribution in [0.25, 0.3) is 33.2 Å². The molecule has 132 valence electrons. The Morgan fingerprint density at radius 3 is 2.54 bits per heavy atom. The molecule has 4 aromatic rings. The van der Waals surface area contributed by atoms with Crippen LogP contribution in [0.1, 0.15) is 0 Å². The highest BCUT2D eigenvalue weighted by atomic mass is 35.5. The van der Waals surface area contributed by atoms with Gasteiger partial charge in [-0.15, -0.1) is 13.2 Å². The standard InChI is InChI=1S/C18H9Cl2F3N2O/c19-12-3-1-2-11-13(20)8-16(25-17(11)12)15-7-9-6-10(26-18(21,22)23)4-5-14(9)24-15/h1-8,24H. The molecule has 0 aliphatic carbocycles. The zero-order valence-electron chi connectivity index (χ0n) is 12.9. The molecule has 2 aromatic carbocycles. The number of alkyl halides is 3. The fourth-order valence-corrected chi connectivity index (χ4v) is 3.23. The third-order valence-corrected chi connectivity index (χ3v) is 4.46. The number of benzene rings is 2. The summed E-state index contributed by atoms with van der Waals surface area (Å²) in [5.41, 5.74) is 2.33. The van der Waals surface area contributed by atoms with Gasteiger partial charge in [0.1, 0.15) is 5.75 Å². The van der Waals surface area contributed by atoms with E-state index in [1.54, 1.807) is 24.3 Å². The van der Waals surface area contributed by atoms with Gasteiger partial charge in [0.15, 0.2) is 0 Å². The average molecular weight is 397 g/mol. The Morgan fingerprint density at radius 2 is 1.77 bits per heavy atom. The van der Waals surface area contributed by atoms with Crippen molar-refractivity contribution in [1.29, 1.82) is 0 Å². The molecule has 2 aromatic heterocycles. The molecule has 4 rings (SSSR count). The number of para-hydroxylation sites is 1. The fourth-order valence-electron chi connectivity index (χ4n) is 2.76. The Balaban J connectivity index is 1.82. The Bertz CT molecular complexity index is 1140. The van der Waals surface area contributed by atoms with E-state index in [0.717, 1.165) is 5.39 Å². The van der Waals surface area contributed by atoms with Crippen molar-refractivity contribution in [1.82, 2.24) is 9.97 Å². The van der Waals surface area contributed by atoms with Crippen molar-refractivity contribution in [3.8, 4) is 17.1 Å². The van der Waals surface area contributed by atoms with Crippen LogP contribution in [0.4, 0.5) is 13.2 Å². The van der Waals surface area contributed by atoms with Gasteiger partial charge in [0, 0.05) is 16.3 Å². The van der Waals surface area contributed by atoms with Crippen molar-refractivity contribution in [3.05, 3.63) is 58.6 Å². The summed E-state index contributed by atoms with van der Waals surface area (Å²) in [4.78, 5) is 7.64. The summed E-state index contributed by atoms with van der Waals surface area (Å²) in [5, 5.41) is 2.22. The summed E-state index contributed by atoms with van der Waals surface area (Å²) in [7, 11) is 0. The number of pyridine rings is 1. The molecular formula is C18H9Cl2F3N2O. The second kappa shape index (κ2) is 6.07. The largest absolute Gasteiger partial charge is 0.573 e. The zero-order chi connectivity index (χ0) is 18.5. The highest BCUT2D eigenvalue weighted by Gasteiger charge is 2.31. The van der Waals surface area contributed by atoms with Gasteiger partial charge in [0.05, 0.1) is 26.9 Å². The minimum absolute atomic E-state index is 0.289. The number of aromatic amines is 1. The maximum Gasteiger partial charge on any atom is 0.573 e. The molecule has 0 radical (unpaired) electrons. The number of H-pyrrole nitrogens is 1. The molecule has 0 unspecified atom stereocenters. The van der Waals surface area contributed by atoms with Crippen LogP contribution in [0.15, 0.2) is 48.5 Å². The maximum atomic E-state index is 12.4. The monoisotopic (exact) mass is 396 g/mol. The number of hydrogen-bond acceptors (Lipinski definition) is 2. The van der Waals surface area contributed by atoms with Crippen LogP contribution in [0.3, 0.4) is 0 Å². The van der Waals surface area contributed by atoms with Crippen LogP contribution >= 0.6 is 23.2 Å². The Morgan fingerprint density at radius 1 is 0.962 bits per heavy atom. The lowest BCUT2D eigenvalue weighted by Gasteiger charge is -2.08. The number of halogens is 5. The molecule has 0 bridgehead atoms. The first-order valence-electron chi connectivity index (χ1n) is 7.44. The van der Waals surface area contributed by atoms with Crippen LogP contribution in [-0.2, 0) is 0 Å². The van der Waals surface area contributed by atoms with Crippen LogP contribution in [-0.4, -0.2) is 16.3 Å². The van der Waals surface area contributed by atoms with Gasteiger partial charge in [-0.1, -0.05) is 35.3 Å². The van der Waals surface area contributed by atoms with Crippen LogP contribution < -0.4 is 4.74 Å². The number of hydrogen-bond donors (Lipinski definition) is 1. The van der Waals surface area contributed by atoms with E-state index in [1.807, 2.05) is 6.07 Å². The average Bonchev–Trinajstić information content (AvgIpc) is 2.97. The van der Waals surface area contributed by atoms with Gasteiger partial charge in [-0.25, -0.2) is 4.98 Å². The topological polar surface area (TPSA) is 37.9 Å². The lowest BCUT2D eigenvalue weighted by Crippen LogP contribution is -2.16. The molecule has 2 heterocycles. The lowest BCUT2D eigenvalue weighted by atomic mass is 10.1. The summed E-state index contributed by atoms with van der Waals surface area (Å²) in [6, 6.07) is 12.7. The highest BCUT2D eigenvalue weighted by molar-refractivity contribution is 6.39. The molecule has 0 saturated carbocycles. The van der Waals surface area contributed by atoms with Crippen LogP contribution in [0.5, 0.6) is 5.75 Å². The number of rotatable bonds is 2. The molecule has 0 spiro atoms. The molecule has 0 amide bonds. The first-order chi connectivity index (χ1) is 12.3. The molecule has 0 saturated heterocycles. The van der Waals surface area contributed by atoms with E-state index in [4.69, 9.17) is 23.2 Å². The van der Waals surface area contributed by atoms with Crippen molar-refractivity contribution in [2.45, 2.75) is 6.36 Å². The first-order valence-corrected chi connectivity index (χ1v) is 8.19. The van der Waals surface area contributed by atoms with E-state index in [2.05, 4.69) is 14.7 Å². The summed E-state index contributed by atoms with van der Waals surface area (Å²) in [6.07, 6.45) is -4.74. The van der Waals surface area contributed by atoms with E-state index < -0.39 is 6.36 Å². The van der Waals surface area contributed by atoms with Gasteiger partial charge in [-0.2, -0.15) is 0 Å². The summed E-state index contributed by atoms with van der Waals surface area (Å²) in [6.45, 7) is 0. The normalized spacial score (nSPS) is 12.0. The zero-order valence-corrected chi connectivity index (χ0v) is 14.4. The van der Waals surface area contributed by atoms with Gasteiger partial charge < -0.3 is 9.72 Å². The quantitative estimate of drug-likeness (QED) is 0.415. The molecule has 1 N–H and O–H groups in total. The van der Waals surface area contributed by atoms with Gasteiger partial charge >= 0.3 is 6.36 Å². The lowest BCUT2D eigenvalue weighted by molar-refractivity contribution is -0.274. The van der Waals surface area contributed by atoms with E-state index in [1.165, 1.54) is 18.2 Å². The molecule has 0 fully saturated rings. The molecular weight excluding hydrogens is 388 g/mol. The first kappa shape index (κ1) is 17.0. The van der Waals surface area contributed by atoms with Crippen molar-refractivity contribution in [3.63, 3.8) is 0 Å². The SMILES string of the molecule is FC(F)(F)Oc1ccc2[nH]c(-c3cc(Cl)c4cccc(Cl)c4n3)cc2c1. The van der Waals surface area contributed by atoms with Crippen molar-refractivity contribution in [2.75, 3.05) is 0 Å². The number of ether oxygens (including phenoxy) is 1. The summed E-state index contributed by atoms with van der Waals surface area (Å²) in [5.74, 6) is -0.289. The van der Waals surface area contributed by atoms with Crippen molar-refractivity contribution < 1.29 is 17.9 Å². The third kappa shape index (κ3) is 3.18. The predicted octanol–water partition coefficient (Wildman–Crippen LogP) is 6.59. The van der Waals surface area contributed by atoms with Crippen LogP contribution in [0, 0.1) is 0 Å². The highest BCUT2D eigenvalue weighted by Crippen LogP contribution is 2.33. The molecule has 0 aliphatic heterocycles. The number of nitrogens with zero attached hydrogens (tertiary/aromatic N) is 1. The van der Waals surface area contributed by atoms with Gasteiger partial charge in [-0.3, -0.25) is 0 Å². The molecule has 26 heavy (non-hydrogen) atoms. The fraction of sp³-hybridized carbons (Fsp3) is 0.0556. The Kier molecular flexibility index (Phi) is 3.97. The van der Waals surface area contributed by atoms with Gasteiger partial charge in [-0.05, 0) is 36.4 Å². The van der Waals surface area contributed by atoms with Crippen molar-refractivity contribution >= 4 is 45.0 Å². The second-order valence-corrected chi connectivity index (χ2v) is 6.42.